The van der Waals surface area contributed by atoms with Crippen molar-refractivity contribution < 1.29 is 18.0 Å². The summed E-state index contributed by atoms with van der Waals surface area (Å²) in [5, 5.41) is 2.91. The normalized spacial score (nSPS) is 12.2. The van der Waals surface area contributed by atoms with Gasteiger partial charge in [0, 0.05) is 13.1 Å². The van der Waals surface area contributed by atoms with Crippen LogP contribution in [-0.4, -0.2) is 50.8 Å². The maximum absolute atomic E-state index is 14.0. The lowest BCUT2D eigenvalue weighted by Gasteiger charge is -2.32. The van der Waals surface area contributed by atoms with E-state index in [1.807, 2.05) is 77.1 Å². The van der Waals surface area contributed by atoms with Crippen molar-refractivity contribution >= 4 is 27.5 Å². The summed E-state index contributed by atoms with van der Waals surface area (Å²) in [6.07, 6.45) is 0.530. The molecule has 1 atom stereocenters. The Hall–Kier alpha value is -3.65. The number of hydrogen-bond acceptors (Lipinski definition) is 4. The van der Waals surface area contributed by atoms with Crippen molar-refractivity contribution in [2.24, 2.45) is 5.92 Å². The highest BCUT2D eigenvalue weighted by Crippen LogP contribution is 2.28. The fraction of sp³-hybridized carbons (Fsp3) is 0.375. The maximum Gasteiger partial charge on any atom is 0.264 e. The third-order valence-electron chi connectivity index (χ3n) is 6.86. The molecule has 0 aliphatic carbocycles. The Morgan fingerprint density at radius 1 is 0.850 bits per heavy atom. The molecule has 40 heavy (non-hydrogen) atoms. The zero-order valence-electron chi connectivity index (χ0n) is 24.3. The van der Waals surface area contributed by atoms with Gasteiger partial charge in [-0.25, -0.2) is 8.42 Å². The second-order valence-corrected chi connectivity index (χ2v) is 12.6. The van der Waals surface area contributed by atoms with Gasteiger partial charge in [0.15, 0.2) is 0 Å². The summed E-state index contributed by atoms with van der Waals surface area (Å²) in [5.41, 5.74) is 4.00. The van der Waals surface area contributed by atoms with E-state index in [-0.39, 0.29) is 23.3 Å². The van der Waals surface area contributed by atoms with Crippen molar-refractivity contribution in [2.45, 2.75) is 58.9 Å². The van der Waals surface area contributed by atoms with E-state index >= 15 is 0 Å². The third kappa shape index (κ3) is 7.94. The number of carbonyl (C=O) groups is 2. The van der Waals surface area contributed by atoms with Crippen molar-refractivity contribution in [3.05, 3.63) is 95.1 Å². The molecule has 0 aliphatic rings. The van der Waals surface area contributed by atoms with E-state index in [9.17, 15) is 18.0 Å². The van der Waals surface area contributed by atoms with Crippen LogP contribution in [0.1, 0.15) is 43.0 Å². The number of nitrogens with zero attached hydrogens (tertiary/aromatic N) is 2. The van der Waals surface area contributed by atoms with Crippen LogP contribution in [0, 0.1) is 26.7 Å². The molecule has 0 aromatic heterocycles. The summed E-state index contributed by atoms with van der Waals surface area (Å²) in [7, 11) is -4.09. The smallest absolute Gasteiger partial charge is 0.264 e. The molecule has 2 amide bonds. The summed E-state index contributed by atoms with van der Waals surface area (Å²) >= 11 is 0. The van der Waals surface area contributed by atoms with E-state index in [2.05, 4.69) is 5.32 Å². The molecule has 3 aromatic carbocycles. The van der Waals surface area contributed by atoms with Gasteiger partial charge in [-0.2, -0.15) is 0 Å². The number of benzene rings is 3. The van der Waals surface area contributed by atoms with Gasteiger partial charge < -0.3 is 10.2 Å². The van der Waals surface area contributed by atoms with Crippen LogP contribution in [0.3, 0.4) is 0 Å². The van der Waals surface area contributed by atoms with Crippen LogP contribution in [0.5, 0.6) is 0 Å². The fourth-order valence-electron chi connectivity index (χ4n) is 4.36. The molecule has 0 bridgehead atoms. The van der Waals surface area contributed by atoms with E-state index < -0.39 is 28.5 Å². The highest BCUT2D eigenvalue weighted by molar-refractivity contribution is 7.92. The molecule has 3 rings (SSSR count). The van der Waals surface area contributed by atoms with Crippen molar-refractivity contribution in [2.75, 3.05) is 23.9 Å². The number of amides is 2. The minimum Gasteiger partial charge on any atom is -0.354 e. The van der Waals surface area contributed by atoms with Gasteiger partial charge in [0.2, 0.25) is 11.8 Å². The number of aryl methyl sites for hydroxylation is 3. The van der Waals surface area contributed by atoms with Crippen LogP contribution >= 0.6 is 0 Å². The monoisotopic (exact) mass is 563 g/mol. The van der Waals surface area contributed by atoms with Crippen LogP contribution in [0.2, 0.25) is 0 Å². The predicted molar refractivity (Wildman–Crippen MR) is 161 cm³/mol. The summed E-state index contributed by atoms with van der Waals surface area (Å²) in [6.45, 7) is 11.6. The van der Waals surface area contributed by atoms with Crippen LogP contribution in [0.25, 0.3) is 0 Å². The van der Waals surface area contributed by atoms with E-state index in [0.717, 1.165) is 22.3 Å². The first kappa shape index (κ1) is 30.9. The Kier molecular flexibility index (Phi) is 10.5. The zero-order chi connectivity index (χ0) is 29.4. The van der Waals surface area contributed by atoms with Gasteiger partial charge in [-0.15, -0.1) is 0 Å². The number of anilines is 1. The first-order chi connectivity index (χ1) is 18.9. The molecule has 0 saturated carbocycles. The number of rotatable bonds is 12. The lowest BCUT2D eigenvalue weighted by atomic mass is 10.1. The van der Waals surface area contributed by atoms with E-state index in [1.54, 1.807) is 37.3 Å². The molecule has 0 spiro atoms. The standard InChI is InChI=1S/C32H41N3O4S/c1-23(2)21-33-32(37)27(6)34(19-18-28-10-8-7-9-11-28)31(36)22-35(30-20-25(4)12-15-26(30)5)40(38,39)29-16-13-24(3)14-17-29/h7-17,20,23,27H,18-19,21-22H2,1-6H3,(H,33,37)/t27-/m0/s1. The van der Waals surface area contributed by atoms with Crippen molar-refractivity contribution in [3.63, 3.8) is 0 Å². The van der Waals surface area contributed by atoms with Gasteiger partial charge in [0.1, 0.15) is 12.6 Å². The van der Waals surface area contributed by atoms with Gasteiger partial charge in [0.05, 0.1) is 10.6 Å². The largest absolute Gasteiger partial charge is 0.354 e. The second-order valence-electron chi connectivity index (χ2n) is 10.8. The zero-order valence-corrected chi connectivity index (χ0v) is 25.2. The van der Waals surface area contributed by atoms with Gasteiger partial charge >= 0.3 is 0 Å². The lowest BCUT2D eigenvalue weighted by Crippen LogP contribution is -2.52. The molecule has 214 valence electrons. The van der Waals surface area contributed by atoms with Gasteiger partial charge in [0.25, 0.3) is 10.0 Å². The molecule has 8 heteroatoms. The first-order valence-corrected chi connectivity index (χ1v) is 15.1. The third-order valence-corrected chi connectivity index (χ3v) is 8.63. The molecule has 7 nitrogen and oxygen atoms in total. The fourth-order valence-corrected chi connectivity index (χ4v) is 5.83. The van der Waals surface area contributed by atoms with Crippen LogP contribution in [0.15, 0.2) is 77.7 Å². The van der Waals surface area contributed by atoms with Gasteiger partial charge in [-0.1, -0.05) is 74.0 Å². The second kappa shape index (κ2) is 13.6. The average molecular weight is 564 g/mol. The topological polar surface area (TPSA) is 86.8 Å². The number of hydrogen-bond donors (Lipinski definition) is 1. The molecule has 3 aromatic rings. The van der Waals surface area contributed by atoms with E-state index in [0.29, 0.717) is 18.7 Å². The molecule has 0 radical (unpaired) electrons. The predicted octanol–water partition coefficient (Wildman–Crippen LogP) is 5.04. The Bertz CT molecular complexity index is 1400. The molecular formula is C32H41N3O4S. The quantitative estimate of drug-likeness (QED) is 0.335. The van der Waals surface area contributed by atoms with Crippen LogP contribution < -0.4 is 9.62 Å². The van der Waals surface area contributed by atoms with E-state index in [1.165, 1.54) is 9.21 Å². The maximum atomic E-state index is 14.0. The number of sulfonamides is 1. The van der Waals surface area contributed by atoms with Gasteiger partial charge in [-0.3, -0.25) is 13.9 Å². The highest BCUT2D eigenvalue weighted by Gasteiger charge is 2.33. The Morgan fingerprint density at radius 2 is 1.48 bits per heavy atom. The summed E-state index contributed by atoms with van der Waals surface area (Å²) < 4.78 is 29.2. The lowest BCUT2D eigenvalue weighted by molar-refractivity contribution is -0.138. The SMILES string of the molecule is Cc1ccc(S(=O)(=O)N(CC(=O)N(CCc2ccccc2)[C@@H](C)C(=O)NCC(C)C)c2cc(C)ccc2C)cc1. The average Bonchev–Trinajstić information content (AvgIpc) is 2.92. The Labute approximate surface area is 239 Å². The minimum atomic E-state index is -4.09. The Morgan fingerprint density at radius 3 is 2.10 bits per heavy atom. The first-order valence-electron chi connectivity index (χ1n) is 13.7. The summed E-state index contributed by atoms with van der Waals surface area (Å²) in [6, 6.07) is 21.1. The molecule has 0 fully saturated rings. The number of carbonyl (C=O) groups excluding carboxylic acids is 2. The molecule has 0 unspecified atom stereocenters. The molecule has 0 heterocycles. The minimum absolute atomic E-state index is 0.102. The molecule has 1 N–H and O–H groups in total. The van der Waals surface area contributed by atoms with Gasteiger partial charge in [-0.05, 0) is 74.9 Å². The Balaban J connectivity index is 2.00. The summed E-state index contributed by atoms with van der Waals surface area (Å²) in [5.74, 6) is -0.460. The van der Waals surface area contributed by atoms with Crippen LogP contribution in [0.4, 0.5) is 5.69 Å². The van der Waals surface area contributed by atoms with E-state index in [4.69, 9.17) is 0 Å². The van der Waals surface area contributed by atoms with Crippen molar-refractivity contribution in [3.8, 4) is 0 Å². The number of nitrogens with one attached hydrogen (secondary N) is 1. The van der Waals surface area contributed by atoms with Crippen LogP contribution in [-0.2, 0) is 26.0 Å². The molecule has 0 saturated heterocycles. The van der Waals surface area contributed by atoms with Crippen molar-refractivity contribution in [1.29, 1.82) is 0 Å². The van der Waals surface area contributed by atoms with Crippen molar-refractivity contribution in [1.82, 2.24) is 10.2 Å². The molecular weight excluding hydrogens is 522 g/mol. The molecule has 0 aliphatic heterocycles. The highest BCUT2D eigenvalue weighted by atomic mass is 32.2. The summed E-state index contributed by atoms with van der Waals surface area (Å²) in [4.78, 5) is 28.7.